The van der Waals surface area contributed by atoms with Crippen LogP contribution in [0.2, 0.25) is 0 Å². The Balaban J connectivity index is 1.82. The van der Waals surface area contributed by atoms with Gasteiger partial charge in [0.2, 0.25) is 5.91 Å². The first-order chi connectivity index (χ1) is 10.1. The largest absolute Gasteiger partial charge is 0.352 e. The molecule has 1 heterocycles. The van der Waals surface area contributed by atoms with Gasteiger partial charge in [0, 0.05) is 30.3 Å². The van der Waals surface area contributed by atoms with Crippen molar-refractivity contribution in [3.63, 3.8) is 0 Å². The first-order valence-electron chi connectivity index (χ1n) is 7.79. The van der Waals surface area contributed by atoms with E-state index >= 15 is 0 Å². The summed E-state index contributed by atoms with van der Waals surface area (Å²) in [6.45, 7) is 5.53. The molecular formula is C17H22N2O2. The second kappa shape index (κ2) is 5.51. The molecule has 1 aliphatic heterocycles. The van der Waals surface area contributed by atoms with E-state index in [4.69, 9.17) is 0 Å². The Morgan fingerprint density at radius 1 is 1.33 bits per heavy atom. The summed E-state index contributed by atoms with van der Waals surface area (Å²) in [5.41, 5.74) is 2.68. The number of nitrogens with zero attached hydrogens (tertiary/aromatic N) is 1. The van der Waals surface area contributed by atoms with Crippen molar-refractivity contribution >= 4 is 17.5 Å². The Labute approximate surface area is 125 Å². The average Bonchev–Trinajstić information content (AvgIpc) is 3.22. The summed E-state index contributed by atoms with van der Waals surface area (Å²) in [5.74, 6) is 0.850. The molecule has 1 fully saturated rings. The predicted molar refractivity (Wildman–Crippen MR) is 82.4 cm³/mol. The molecule has 21 heavy (non-hydrogen) atoms. The molecular weight excluding hydrogens is 264 g/mol. The number of carbonyl (C=O) groups is 2. The summed E-state index contributed by atoms with van der Waals surface area (Å²) in [4.78, 5) is 26.5. The summed E-state index contributed by atoms with van der Waals surface area (Å²) < 4.78 is 0. The van der Waals surface area contributed by atoms with Crippen LogP contribution >= 0.6 is 0 Å². The molecule has 112 valence electrons. The normalized spacial score (nSPS) is 17.0. The molecule has 4 nitrogen and oxygen atoms in total. The molecule has 2 aliphatic rings. The van der Waals surface area contributed by atoms with Crippen molar-refractivity contribution < 1.29 is 9.59 Å². The zero-order chi connectivity index (χ0) is 15.0. The number of nitrogens with one attached hydrogen (secondary N) is 1. The maximum absolute atomic E-state index is 12.3. The number of fused-ring (bicyclic) bond motifs is 1. The van der Waals surface area contributed by atoms with Gasteiger partial charge >= 0.3 is 0 Å². The van der Waals surface area contributed by atoms with E-state index in [0.717, 1.165) is 36.1 Å². The topological polar surface area (TPSA) is 49.4 Å². The van der Waals surface area contributed by atoms with E-state index in [2.05, 4.69) is 19.2 Å². The van der Waals surface area contributed by atoms with Crippen LogP contribution in [0.25, 0.3) is 0 Å². The van der Waals surface area contributed by atoms with Gasteiger partial charge in [0.15, 0.2) is 0 Å². The van der Waals surface area contributed by atoms with E-state index in [1.807, 2.05) is 23.1 Å². The molecule has 1 N–H and O–H groups in total. The monoisotopic (exact) mass is 286 g/mol. The van der Waals surface area contributed by atoms with Gasteiger partial charge in [-0.3, -0.25) is 9.59 Å². The van der Waals surface area contributed by atoms with Crippen LogP contribution in [0.5, 0.6) is 0 Å². The summed E-state index contributed by atoms with van der Waals surface area (Å²) in [5, 5.41) is 2.96. The quantitative estimate of drug-likeness (QED) is 0.924. The van der Waals surface area contributed by atoms with Crippen molar-refractivity contribution in [2.75, 3.05) is 18.0 Å². The first kappa shape index (κ1) is 14.1. The minimum absolute atomic E-state index is 0.0266. The number of benzene rings is 1. The third-order valence-corrected chi connectivity index (χ3v) is 4.14. The molecule has 0 atom stereocenters. The average molecular weight is 286 g/mol. The molecule has 0 radical (unpaired) electrons. The van der Waals surface area contributed by atoms with E-state index in [1.54, 1.807) is 0 Å². The van der Waals surface area contributed by atoms with Crippen molar-refractivity contribution in [1.29, 1.82) is 0 Å². The van der Waals surface area contributed by atoms with Crippen molar-refractivity contribution in [1.82, 2.24) is 5.32 Å². The van der Waals surface area contributed by atoms with Gasteiger partial charge < -0.3 is 10.2 Å². The zero-order valence-electron chi connectivity index (χ0n) is 12.7. The van der Waals surface area contributed by atoms with Gasteiger partial charge in [0.25, 0.3) is 5.91 Å². The fraction of sp³-hybridized carbons (Fsp3) is 0.529. The molecule has 0 aromatic heterocycles. The number of anilines is 1. The Bertz CT molecular complexity index is 576. The molecule has 1 aliphatic carbocycles. The lowest BCUT2D eigenvalue weighted by atomic mass is 10.0. The maximum atomic E-state index is 12.3. The fourth-order valence-corrected chi connectivity index (χ4v) is 2.82. The van der Waals surface area contributed by atoms with Crippen molar-refractivity contribution in [3.05, 3.63) is 29.3 Å². The molecule has 4 heteroatoms. The minimum Gasteiger partial charge on any atom is -0.352 e. The third-order valence-electron chi connectivity index (χ3n) is 4.14. The molecule has 0 saturated heterocycles. The maximum Gasteiger partial charge on any atom is 0.251 e. The van der Waals surface area contributed by atoms with E-state index < -0.39 is 0 Å². The van der Waals surface area contributed by atoms with Crippen molar-refractivity contribution in [3.8, 4) is 0 Å². The number of hydrogen-bond donors (Lipinski definition) is 1. The lowest BCUT2D eigenvalue weighted by molar-refractivity contribution is -0.119. The highest BCUT2D eigenvalue weighted by Gasteiger charge is 2.37. The smallest absolute Gasteiger partial charge is 0.251 e. The van der Waals surface area contributed by atoms with Crippen LogP contribution in [0, 0.1) is 11.8 Å². The van der Waals surface area contributed by atoms with E-state index in [0.29, 0.717) is 19.0 Å². The highest BCUT2D eigenvalue weighted by molar-refractivity contribution is 6.02. The van der Waals surface area contributed by atoms with Crippen LogP contribution in [0.3, 0.4) is 0 Å². The first-order valence-corrected chi connectivity index (χ1v) is 7.79. The van der Waals surface area contributed by atoms with Gasteiger partial charge in [-0.25, -0.2) is 0 Å². The lowest BCUT2D eigenvalue weighted by Gasteiger charge is -2.17. The number of carbonyl (C=O) groups excluding carboxylic acids is 2. The molecule has 3 rings (SSSR count). The van der Waals surface area contributed by atoms with E-state index in [9.17, 15) is 9.59 Å². The van der Waals surface area contributed by atoms with Crippen LogP contribution in [0.1, 0.15) is 42.6 Å². The zero-order valence-corrected chi connectivity index (χ0v) is 12.7. The van der Waals surface area contributed by atoms with Gasteiger partial charge in [-0.05, 0) is 42.9 Å². The summed E-state index contributed by atoms with van der Waals surface area (Å²) in [7, 11) is 0. The molecule has 1 saturated carbocycles. The second-order valence-corrected chi connectivity index (χ2v) is 6.42. The molecule has 0 unspecified atom stereocenters. The van der Waals surface area contributed by atoms with Crippen molar-refractivity contribution in [2.24, 2.45) is 11.8 Å². The molecule has 1 aromatic rings. The van der Waals surface area contributed by atoms with Gasteiger partial charge in [0.1, 0.15) is 0 Å². The van der Waals surface area contributed by atoms with Gasteiger partial charge in [-0.2, -0.15) is 0 Å². The number of rotatable bonds is 4. The fourth-order valence-electron chi connectivity index (χ4n) is 2.82. The van der Waals surface area contributed by atoms with Gasteiger partial charge in [-0.1, -0.05) is 19.9 Å². The number of amides is 2. The highest BCUT2D eigenvalue weighted by atomic mass is 16.2. The van der Waals surface area contributed by atoms with E-state index in [1.165, 1.54) is 0 Å². The predicted octanol–water partition coefficient (Wildman–Crippen LogP) is 2.37. The molecule has 0 spiro atoms. The summed E-state index contributed by atoms with van der Waals surface area (Å²) in [6, 6.07) is 5.70. The SMILES string of the molecule is CC(C)CNC(=O)c1cccc2c1CCN2C(=O)C1CC1. The molecule has 2 amide bonds. The highest BCUT2D eigenvalue weighted by Crippen LogP contribution is 2.37. The second-order valence-electron chi connectivity index (χ2n) is 6.42. The lowest BCUT2D eigenvalue weighted by Crippen LogP contribution is -2.30. The van der Waals surface area contributed by atoms with Crippen molar-refractivity contribution in [2.45, 2.75) is 33.1 Å². The van der Waals surface area contributed by atoms with Crippen LogP contribution in [-0.2, 0) is 11.2 Å². The third kappa shape index (κ3) is 2.80. The number of hydrogen-bond acceptors (Lipinski definition) is 2. The summed E-state index contributed by atoms with van der Waals surface area (Å²) >= 11 is 0. The Kier molecular flexibility index (Phi) is 3.70. The van der Waals surface area contributed by atoms with E-state index in [-0.39, 0.29) is 17.7 Å². The van der Waals surface area contributed by atoms with Gasteiger partial charge in [0.05, 0.1) is 0 Å². The Hall–Kier alpha value is -1.84. The van der Waals surface area contributed by atoms with Crippen LogP contribution in [-0.4, -0.2) is 24.9 Å². The van der Waals surface area contributed by atoms with Crippen LogP contribution < -0.4 is 10.2 Å². The summed E-state index contributed by atoms with van der Waals surface area (Å²) in [6.07, 6.45) is 2.80. The molecule has 0 bridgehead atoms. The Morgan fingerprint density at radius 2 is 2.10 bits per heavy atom. The Morgan fingerprint density at radius 3 is 2.76 bits per heavy atom. The standard InChI is InChI=1S/C17H22N2O2/c1-11(2)10-18-16(20)14-4-3-5-15-13(14)8-9-19(15)17(21)12-6-7-12/h3-5,11-12H,6-10H2,1-2H3,(H,18,20). The molecule has 1 aromatic carbocycles. The minimum atomic E-state index is -0.0266. The van der Waals surface area contributed by atoms with Crippen LogP contribution in [0.4, 0.5) is 5.69 Å². The van der Waals surface area contributed by atoms with Gasteiger partial charge in [-0.15, -0.1) is 0 Å². The van der Waals surface area contributed by atoms with Crippen LogP contribution in [0.15, 0.2) is 18.2 Å².